The third-order valence-corrected chi connectivity index (χ3v) is 3.99. The summed E-state index contributed by atoms with van der Waals surface area (Å²) in [4.78, 5) is 24.7. The first-order chi connectivity index (χ1) is 12.4. The van der Waals surface area contributed by atoms with Gasteiger partial charge in [-0.2, -0.15) is 5.10 Å². The highest BCUT2D eigenvalue weighted by atomic mass is 19.1. The fourth-order valence-electron chi connectivity index (χ4n) is 2.69. The number of carboxylic acid groups (broad SMARTS) is 1. The zero-order valence-electron chi connectivity index (χ0n) is 14.8. The second-order valence-corrected chi connectivity index (χ2v) is 6.17. The van der Waals surface area contributed by atoms with Crippen molar-refractivity contribution < 1.29 is 19.1 Å². The maximum atomic E-state index is 13.1. The van der Waals surface area contributed by atoms with Gasteiger partial charge in [0.25, 0.3) is 0 Å². The molecule has 1 atom stereocenters. The lowest BCUT2D eigenvalue weighted by molar-refractivity contribution is -0.137. The van der Waals surface area contributed by atoms with Crippen LogP contribution in [0.2, 0.25) is 0 Å². The van der Waals surface area contributed by atoms with Gasteiger partial charge in [-0.1, -0.05) is 13.3 Å². The number of aliphatic carboxylic acids is 1. The number of hydrogen-bond acceptors (Lipinski definition) is 3. The number of carbonyl (C=O) groups is 2. The van der Waals surface area contributed by atoms with E-state index >= 15 is 0 Å². The third kappa shape index (κ3) is 5.30. The predicted octanol–water partition coefficient (Wildman–Crippen LogP) is 3.00. The van der Waals surface area contributed by atoms with E-state index in [1.165, 1.54) is 17.0 Å². The van der Waals surface area contributed by atoms with Crippen LogP contribution >= 0.6 is 0 Å². The first-order valence-electron chi connectivity index (χ1n) is 8.42. The average molecular weight is 362 g/mol. The van der Waals surface area contributed by atoms with Crippen LogP contribution in [-0.4, -0.2) is 45.3 Å². The van der Waals surface area contributed by atoms with Crippen LogP contribution in [0, 0.1) is 5.82 Å². The van der Waals surface area contributed by atoms with Crippen LogP contribution in [0.1, 0.15) is 31.7 Å². The van der Waals surface area contributed by atoms with Crippen molar-refractivity contribution >= 4 is 12.0 Å². The highest BCUT2D eigenvalue weighted by Crippen LogP contribution is 2.22. The summed E-state index contributed by atoms with van der Waals surface area (Å²) in [7, 11) is 1.63. The molecule has 0 saturated carbocycles. The van der Waals surface area contributed by atoms with Gasteiger partial charge in [-0.25, -0.2) is 9.18 Å². The number of urea groups is 1. The summed E-state index contributed by atoms with van der Waals surface area (Å²) in [5.74, 6) is -1.27. The number of carboxylic acids is 1. The van der Waals surface area contributed by atoms with Crippen LogP contribution in [0.15, 0.2) is 30.5 Å². The van der Waals surface area contributed by atoms with E-state index in [1.807, 2.05) is 6.92 Å². The largest absolute Gasteiger partial charge is 0.481 e. The number of halogens is 1. The van der Waals surface area contributed by atoms with Crippen LogP contribution in [0.25, 0.3) is 11.3 Å². The van der Waals surface area contributed by atoms with Gasteiger partial charge in [0.1, 0.15) is 5.82 Å². The summed E-state index contributed by atoms with van der Waals surface area (Å²) in [6.07, 6.45) is 2.88. The lowest BCUT2D eigenvalue weighted by Crippen LogP contribution is -2.43. The Morgan fingerprint density at radius 3 is 2.65 bits per heavy atom. The molecule has 1 aromatic heterocycles. The molecule has 2 aromatic rings. The molecule has 2 amide bonds. The fourth-order valence-corrected chi connectivity index (χ4v) is 2.69. The van der Waals surface area contributed by atoms with Crippen LogP contribution in [0.4, 0.5) is 9.18 Å². The van der Waals surface area contributed by atoms with Gasteiger partial charge in [0.15, 0.2) is 0 Å². The number of hydrogen-bond donors (Lipinski definition) is 3. The van der Waals surface area contributed by atoms with Gasteiger partial charge < -0.3 is 15.3 Å². The topological polar surface area (TPSA) is 98.3 Å². The summed E-state index contributed by atoms with van der Waals surface area (Å²) in [6, 6.07) is 5.23. The Balaban J connectivity index is 2.04. The molecule has 0 unspecified atom stereocenters. The standard InChI is InChI=1S/C18H23FN4O3/c1-3-4-15(9-16(24)25)21-18(26)23(2)11-13-10-20-22-17(13)12-5-7-14(19)8-6-12/h5-8,10,15H,3-4,9,11H2,1-2H3,(H,20,22)(H,21,26)(H,24,25)/t15-/m0/s1. The minimum absolute atomic E-state index is 0.111. The monoisotopic (exact) mass is 362 g/mol. The highest BCUT2D eigenvalue weighted by Gasteiger charge is 2.19. The van der Waals surface area contributed by atoms with E-state index in [2.05, 4.69) is 15.5 Å². The molecule has 26 heavy (non-hydrogen) atoms. The molecule has 0 bridgehead atoms. The number of H-pyrrole nitrogens is 1. The summed E-state index contributed by atoms with van der Waals surface area (Å²) in [5, 5.41) is 18.6. The molecule has 0 saturated heterocycles. The molecule has 1 heterocycles. The Kier molecular flexibility index (Phi) is 6.71. The molecule has 8 heteroatoms. The van der Waals surface area contributed by atoms with Gasteiger partial charge in [0, 0.05) is 24.2 Å². The molecular weight excluding hydrogens is 339 g/mol. The first kappa shape index (κ1) is 19.4. The Labute approximate surface area is 151 Å². The Morgan fingerprint density at radius 1 is 1.35 bits per heavy atom. The molecule has 2 rings (SSSR count). The van der Waals surface area contributed by atoms with Gasteiger partial charge in [-0.15, -0.1) is 0 Å². The molecule has 0 fully saturated rings. The lowest BCUT2D eigenvalue weighted by Gasteiger charge is -2.22. The maximum Gasteiger partial charge on any atom is 0.317 e. The van der Waals surface area contributed by atoms with Gasteiger partial charge in [0.2, 0.25) is 0 Å². The van der Waals surface area contributed by atoms with E-state index in [0.717, 1.165) is 17.5 Å². The molecule has 140 valence electrons. The normalized spacial score (nSPS) is 11.8. The van der Waals surface area contributed by atoms with Crippen molar-refractivity contribution in [2.24, 2.45) is 0 Å². The molecular formula is C18H23FN4O3. The smallest absolute Gasteiger partial charge is 0.317 e. The second kappa shape index (κ2) is 8.98. The maximum absolute atomic E-state index is 13.1. The number of benzene rings is 1. The zero-order chi connectivity index (χ0) is 19.1. The van der Waals surface area contributed by atoms with E-state index in [-0.39, 0.29) is 24.8 Å². The first-order valence-corrected chi connectivity index (χ1v) is 8.42. The second-order valence-electron chi connectivity index (χ2n) is 6.17. The molecule has 0 aliphatic carbocycles. The number of aromatic amines is 1. The van der Waals surface area contributed by atoms with Crippen molar-refractivity contribution in [1.29, 1.82) is 0 Å². The number of aromatic nitrogens is 2. The number of amides is 2. The molecule has 0 aliphatic heterocycles. The molecule has 1 aromatic carbocycles. The van der Waals surface area contributed by atoms with Crippen LogP contribution in [-0.2, 0) is 11.3 Å². The van der Waals surface area contributed by atoms with E-state index < -0.39 is 12.0 Å². The van der Waals surface area contributed by atoms with Crippen LogP contribution in [0.3, 0.4) is 0 Å². The summed E-state index contributed by atoms with van der Waals surface area (Å²) < 4.78 is 13.1. The Hall–Kier alpha value is -2.90. The van der Waals surface area contributed by atoms with Crippen molar-refractivity contribution in [2.45, 2.75) is 38.8 Å². The van der Waals surface area contributed by atoms with E-state index in [1.54, 1.807) is 25.4 Å². The fraction of sp³-hybridized carbons (Fsp3) is 0.389. The van der Waals surface area contributed by atoms with Gasteiger partial charge >= 0.3 is 12.0 Å². The van der Waals surface area contributed by atoms with Gasteiger partial charge in [-0.3, -0.25) is 9.89 Å². The van der Waals surface area contributed by atoms with E-state index in [4.69, 9.17) is 5.11 Å². The summed E-state index contributed by atoms with van der Waals surface area (Å²) >= 11 is 0. The van der Waals surface area contributed by atoms with Crippen molar-refractivity contribution in [3.05, 3.63) is 41.8 Å². The molecule has 7 nitrogen and oxygen atoms in total. The zero-order valence-corrected chi connectivity index (χ0v) is 14.8. The number of carbonyl (C=O) groups excluding carboxylic acids is 1. The lowest BCUT2D eigenvalue weighted by atomic mass is 10.1. The highest BCUT2D eigenvalue weighted by molar-refractivity contribution is 5.76. The minimum atomic E-state index is -0.945. The van der Waals surface area contributed by atoms with E-state index in [0.29, 0.717) is 12.1 Å². The van der Waals surface area contributed by atoms with Crippen molar-refractivity contribution in [3.63, 3.8) is 0 Å². The molecule has 3 N–H and O–H groups in total. The molecule has 0 spiro atoms. The predicted molar refractivity (Wildman–Crippen MR) is 94.9 cm³/mol. The van der Waals surface area contributed by atoms with Gasteiger partial charge in [0.05, 0.1) is 24.9 Å². The Bertz CT molecular complexity index is 745. The van der Waals surface area contributed by atoms with Crippen molar-refractivity contribution in [2.75, 3.05) is 7.05 Å². The SMILES string of the molecule is CCC[C@@H](CC(=O)O)NC(=O)N(C)Cc1cn[nH]c1-c1ccc(F)cc1. The minimum Gasteiger partial charge on any atom is -0.481 e. The summed E-state index contributed by atoms with van der Waals surface area (Å²) in [5.41, 5.74) is 2.25. The van der Waals surface area contributed by atoms with Crippen molar-refractivity contribution in [3.8, 4) is 11.3 Å². The Morgan fingerprint density at radius 2 is 2.04 bits per heavy atom. The van der Waals surface area contributed by atoms with Crippen molar-refractivity contribution in [1.82, 2.24) is 20.4 Å². The molecule has 0 radical (unpaired) electrons. The number of rotatable bonds is 8. The summed E-state index contributed by atoms with van der Waals surface area (Å²) in [6.45, 7) is 2.21. The third-order valence-electron chi connectivity index (χ3n) is 3.99. The number of nitrogens with zero attached hydrogens (tertiary/aromatic N) is 2. The van der Waals surface area contributed by atoms with Gasteiger partial charge in [-0.05, 0) is 30.7 Å². The average Bonchev–Trinajstić information content (AvgIpc) is 3.03. The number of nitrogens with one attached hydrogen (secondary N) is 2. The molecule has 0 aliphatic rings. The van der Waals surface area contributed by atoms with E-state index in [9.17, 15) is 14.0 Å². The quantitative estimate of drug-likeness (QED) is 0.672. The van der Waals surface area contributed by atoms with Crippen LogP contribution in [0.5, 0.6) is 0 Å². The van der Waals surface area contributed by atoms with Crippen LogP contribution < -0.4 is 5.32 Å².